The molecule has 0 aliphatic carbocycles. The maximum absolute atomic E-state index is 12.0. The number of nitrogens with one attached hydrogen (secondary N) is 3. The smallest absolute Gasteiger partial charge is 0.242 e. The van der Waals surface area contributed by atoms with Gasteiger partial charge in [-0.1, -0.05) is 27.7 Å². The van der Waals surface area contributed by atoms with E-state index < -0.39 is 6.04 Å². The Hall–Kier alpha value is -0.810. The van der Waals surface area contributed by atoms with Crippen LogP contribution in [0.2, 0.25) is 0 Å². The quantitative estimate of drug-likeness (QED) is 0.563. The van der Waals surface area contributed by atoms with Crippen LogP contribution in [0.3, 0.4) is 0 Å². The molecule has 0 spiro atoms. The van der Waals surface area contributed by atoms with E-state index in [1.165, 1.54) is 0 Å². The molecule has 6 heteroatoms. The van der Waals surface area contributed by atoms with E-state index in [0.717, 1.165) is 13.0 Å². The summed E-state index contributed by atoms with van der Waals surface area (Å²) in [5, 5.41) is 8.71. The van der Waals surface area contributed by atoms with Crippen LogP contribution in [0.4, 0.5) is 0 Å². The van der Waals surface area contributed by atoms with Gasteiger partial charge in [0.2, 0.25) is 11.8 Å². The highest BCUT2D eigenvalue weighted by molar-refractivity contribution is 5.87. The van der Waals surface area contributed by atoms with Crippen molar-refractivity contribution in [1.29, 1.82) is 0 Å². The molecule has 0 aliphatic rings. The third-order valence-corrected chi connectivity index (χ3v) is 2.76. The zero-order valence-electron chi connectivity index (χ0n) is 13.3. The predicted octanol–water partition coefficient (Wildman–Crippen LogP) is 1.32. The highest BCUT2D eigenvalue weighted by Crippen LogP contribution is 2.05. The van der Waals surface area contributed by atoms with Gasteiger partial charge < -0.3 is 16.0 Å². The summed E-state index contributed by atoms with van der Waals surface area (Å²) in [6.45, 7) is 9.35. The fourth-order valence-electron chi connectivity index (χ4n) is 1.72. The Morgan fingerprint density at radius 3 is 2.10 bits per heavy atom. The average molecular weight is 308 g/mol. The molecule has 0 aromatic rings. The molecular weight excluding hydrogens is 278 g/mol. The number of carbonyl (C=O) groups excluding carboxylic acids is 2. The van der Waals surface area contributed by atoms with E-state index in [2.05, 4.69) is 16.0 Å². The van der Waals surface area contributed by atoms with Gasteiger partial charge in [-0.3, -0.25) is 9.59 Å². The molecule has 0 aliphatic heterocycles. The van der Waals surface area contributed by atoms with Gasteiger partial charge >= 0.3 is 0 Å². The zero-order chi connectivity index (χ0) is 14.8. The summed E-state index contributed by atoms with van der Waals surface area (Å²) in [6.07, 6.45) is 1.34. The van der Waals surface area contributed by atoms with Crippen LogP contribution in [0.25, 0.3) is 0 Å². The highest BCUT2D eigenvalue weighted by Gasteiger charge is 2.23. The molecule has 5 nitrogen and oxygen atoms in total. The van der Waals surface area contributed by atoms with Crippen molar-refractivity contribution < 1.29 is 9.59 Å². The topological polar surface area (TPSA) is 70.2 Å². The highest BCUT2D eigenvalue weighted by atomic mass is 35.5. The van der Waals surface area contributed by atoms with E-state index in [0.29, 0.717) is 18.9 Å². The fraction of sp³-hybridized carbons (Fsp3) is 0.857. The van der Waals surface area contributed by atoms with Crippen LogP contribution in [0.5, 0.6) is 0 Å². The standard InChI is InChI=1S/C14H29N3O2.ClH/c1-10(2)9-12(18)17-13(11(3)4)14(19)16-8-6-7-15-5;/h10-11,13,15H,6-9H2,1-5H3,(H,16,19)(H,17,18);1H. The lowest BCUT2D eigenvalue weighted by Gasteiger charge is -2.22. The minimum Gasteiger partial charge on any atom is -0.354 e. The predicted molar refractivity (Wildman–Crippen MR) is 85.0 cm³/mol. The van der Waals surface area contributed by atoms with Crippen molar-refractivity contribution in [2.24, 2.45) is 11.8 Å². The van der Waals surface area contributed by atoms with Crippen molar-refractivity contribution in [3.05, 3.63) is 0 Å². The minimum atomic E-state index is -0.444. The summed E-state index contributed by atoms with van der Waals surface area (Å²) in [5.41, 5.74) is 0. The van der Waals surface area contributed by atoms with Crippen molar-refractivity contribution in [3.63, 3.8) is 0 Å². The van der Waals surface area contributed by atoms with E-state index in [4.69, 9.17) is 0 Å². The summed E-state index contributed by atoms with van der Waals surface area (Å²) in [4.78, 5) is 23.8. The molecule has 3 N–H and O–H groups in total. The van der Waals surface area contributed by atoms with Gasteiger partial charge in [0, 0.05) is 13.0 Å². The normalized spacial score (nSPS) is 11.9. The molecule has 0 bridgehead atoms. The Morgan fingerprint density at radius 2 is 1.65 bits per heavy atom. The largest absolute Gasteiger partial charge is 0.354 e. The second-order valence-electron chi connectivity index (χ2n) is 5.64. The molecule has 0 radical (unpaired) electrons. The first kappa shape index (κ1) is 21.5. The number of halogens is 1. The lowest BCUT2D eigenvalue weighted by Crippen LogP contribution is -2.50. The first-order valence-corrected chi connectivity index (χ1v) is 7.10. The van der Waals surface area contributed by atoms with Crippen molar-refractivity contribution in [1.82, 2.24) is 16.0 Å². The molecular formula is C14H30ClN3O2. The molecule has 120 valence electrons. The number of rotatable bonds is 9. The second kappa shape index (κ2) is 12.0. The zero-order valence-corrected chi connectivity index (χ0v) is 14.1. The molecule has 0 fully saturated rings. The molecule has 0 aromatic heterocycles. The lowest BCUT2D eigenvalue weighted by molar-refractivity contribution is -0.130. The molecule has 20 heavy (non-hydrogen) atoms. The third kappa shape index (κ3) is 10.0. The summed E-state index contributed by atoms with van der Waals surface area (Å²) < 4.78 is 0. The number of hydrogen-bond donors (Lipinski definition) is 3. The minimum absolute atomic E-state index is 0. The van der Waals surface area contributed by atoms with E-state index >= 15 is 0 Å². The molecule has 0 saturated heterocycles. The van der Waals surface area contributed by atoms with Crippen LogP contribution in [0, 0.1) is 11.8 Å². The Balaban J connectivity index is 0. The Morgan fingerprint density at radius 1 is 1.05 bits per heavy atom. The van der Waals surface area contributed by atoms with Gasteiger partial charge in [-0.25, -0.2) is 0 Å². The summed E-state index contributed by atoms with van der Waals surface area (Å²) in [6, 6.07) is -0.444. The molecule has 0 saturated carbocycles. The third-order valence-electron chi connectivity index (χ3n) is 2.76. The van der Waals surface area contributed by atoms with Gasteiger partial charge in [0.05, 0.1) is 0 Å². The molecule has 1 atom stereocenters. The van der Waals surface area contributed by atoms with Gasteiger partial charge in [-0.05, 0) is 31.8 Å². The average Bonchev–Trinajstić information content (AvgIpc) is 2.30. The molecule has 2 amide bonds. The molecule has 0 heterocycles. The van der Waals surface area contributed by atoms with E-state index in [9.17, 15) is 9.59 Å². The molecule has 1 unspecified atom stereocenters. The number of hydrogen-bond acceptors (Lipinski definition) is 3. The van der Waals surface area contributed by atoms with E-state index in [-0.39, 0.29) is 30.1 Å². The van der Waals surface area contributed by atoms with Crippen LogP contribution in [-0.2, 0) is 9.59 Å². The molecule has 0 aromatic carbocycles. The fourth-order valence-corrected chi connectivity index (χ4v) is 1.72. The van der Waals surface area contributed by atoms with E-state index in [1.807, 2.05) is 34.7 Å². The Bertz CT molecular complexity index is 284. The number of amides is 2. The van der Waals surface area contributed by atoms with Crippen molar-refractivity contribution in [2.45, 2.75) is 46.6 Å². The van der Waals surface area contributed by atoms with Gasteiger partial charge in [0.15, 0.2) is 0 Å². The number of carbonyl (C=O) groups is 2. The Labute approximate surface area is 129 Å². The summed E-state index contributed by atoms with van der Waals surface area (Å²) >= 11 is 0. The Kier molecular flexibility index (Phi) is 12.9. The maximum Gasteiger partial charge on any atom is 0.242 e. The summed E-state index contributed by atoms with van der Waals surface area (Å²) in [7, 11) is 1.88. The maximum atomic E-state index is 12.0. The van der Waals surface area contributed by atoms with Crippen LogP contribution >= 0.6 is 12.4 Å². The van der Waals surface area contributed by atoms with Gasteiger partial charge in [-0.15, -0.1) is 12.4 Å². The molecule has 0 rings (SSSR count). The van der Waals surface area contributed by atoms with E-state index in [1.54, 1.807) is 0 Å². The van der Waals surface area contributed by atoms with Crippen molar-refractivity contribution in [2.75, 3.05) is 20.1 Å². The lowest BCUT2D eigenvalue weighted by atomic mass is 10.0. The van der Waals surface area contributed by atoms with Gasteiger partial charge in [0.1, 0.15) is 6.04 Å². The first-order valence-electron chi connectivity index (χ1n) is 7.10. The van der Waals surface area contributed by atoms with Crippen molar-refractivity contribution in [3.8, 4) is 0 Å². The SMILES string of the molecule is CNCCCNC(=O)C(NC(=O)CC(C)C)C(C)C.Cl. The first-order chi connectivity index (χ1) is 8.88. The van der Waals surface area contributed by atoms with Crippen LogP contribution in [0.15, 0.2) is 0 Å². The van der Waals surface area contributed by atoms with Crippen LogP contribution in [0.1, 0.15) is 40.5 Å². The van der Waals surface area contributed by atoms with Crippen LogP contribution < -0.4 is 16.0 Å². The summed E-state index contributed by atoms with van der Waals surface area (Å²) in [5.74, 6) is 0.231. The monoisotopic (exact) mass is 307 g/mol. The van der Waals surface area contributed by atoms with Gasteiger partial charge in [0.25, 0.3) is 0 Å². The van der Waals surface area contributed by atoms with Gasteiger partial charge in [-0.2, -0.15) is 0 Å². The second-order valence-corrected chi connectivity index (χ2v) is 5.64. The van der Waals surface area contributed by atoms with Crippen molar-refractivity contribution >= 4 is 24.2 Å². The van der Waals surface area contributed by atoms with Crippen LogP contribution in [-0.4, -0.2) is 38.0 Å².